The third-order valence-electron chi connectivity index (χ3n) is 5.56. The summed E-state index contributed by atoms with van der Waals surface area (Å²) in [4.78, 5) is 39.2. The molecule has 1 aliphatic rings. The number of benzene rings is 2. The molecule has 3 amide bonds. The average molecular weight is 423 g/mol. The Morgan fingerprint density at radius 3 is 2.39 bits per heavy atom. The predicted octanol–water partition coefficient (Wildman–Crippen LogP) is 1.86. The van der Waals surface area contributed by atoms with Crippen molar-refractivity contribution < 1.29 is 14.4 Å². The number of primary amides is 1. The van der Waals surface area contributed by atoms with Gasteiger partial charge in [0.1, 0.15) is 6.04 Å². The molecule has 2 aromatic carbocycles. The maximum Gasteiger partial charge on any atom is 0.252 e. The largest absolute Gasteiger partial charge is 0.369 e. The fourth-order valence-corrected chi connectivity index (χ4v) is 3.86. The molecule has 1 fully saturated rings. The highest BCUT2D eigenvalue weighted by atomic mass is 16.2. The molecule has 164 valence electrons. The van der Waals surface area contributed by atoms with E-state index >= 15 is 0 Å². The van der Waals surface area contributed by atoms with Gasteiger partial charge in [0.2, 0.25) is 11.8 Å². The van der Waals surface area contributed by atoms with Gasteiger partial charge in [-0.05, 0) is 50.0 Å². The zero-order valence-corrected chi connectivity index (χ0v) is 17.6. The third-order valence-corrected chi connectivity index (χ3v) is 5.56. The van der Waals surface area contributed by atoms with E-state index in [0.29, 0.717) is 18.7 Å². The number of nitrogens with two attached hydrogens (primary N) is 1. The molecule has 0 radical (unpaired) electrons. The summed E-state index contributed by atoms with van der Waals surface area (Å²) in [5, 5.41) is 5.78. The molecule has 0 saturated carbocycles. The minimum Gasteiger partial charge on any atom is -0.369 e. The number of nitrogens with zero attached hydrogens (tertiary/aromatic N) is 1. The van der Waals surface area contributed by atoms with Crippen LogP contribution in [0.4, 0.5) is 0 Å². The van der Waals surface area contributed by atoms with Crippen molar-refractivity contribution in [3.05, 3.63) is 71.8 Å². The van der Waals surface area contributed by atoms with Crippen molar-refractivity contribution in [3.8, 4) is 0 Å². The van der Waals surface area contributed by atoms with Crippen LogP contribution in [0, 0.1) is 5.92 Å². The van der Waals surface area contributed by atoms with E-state index in [1.54, 1.807) is 24.3 Å². The van der Waals surface area contributed by atoms with Crippen molar-refractivity contribution in [2.24, 2.45) is 11.7 Å². The second-order valence-electron chi connectivity index (χ2n) is 7.87. The maximum atomic E-state index is 12.9. The van der Waals surface area contributed by atoms with Gasteiger partial charge in [-0.3, -0.25) is 14.4 Å². The zero-order valence-electron chi connectivity index (χ0n) is 17.6. The summed E-state index contributed by atoms with van der Waals surface area (Å²) in [5.74, 6) is -0.864. The summed E-state index contributed by atoms with van der Waals surface area (Å²) < 4.78 is 0. The van der Waals surface area contributed by atoms with Crippen molar-refractivity contribution in [2.75, 3.05) is 26.2 Å². The molecular formula is C24H30N4O3. The fourth-order valence-electron chi connectivity index (χ4n) is 3.86. The standard InChI is InChI=1S/C24H30N4O3/c25-22(29)20-13-7-15-28(17-20)16-8-14-26-24(31)21(18-9-3-1-4-10-18)27-23(30)19-11-5-2-6-12-19/h1-6,9-12,20-21H,7-8,13-17H2,(H2,25,29)(H,26,31)(H,27,30). The van der Waals surface area contributed by atoms with E-state index in [9.17, 15) is 14.4 Å². The van der Waals surface area contributed by atoms with Crippen LogP contribution in [0.25, 0.3) is 0 Å². The molecule has 2 atom stereocenters. The molecule has 1 heterocycles. The Balaban J connectivity index is 1.54. The van der Waals surface area contributed by atoms with Gasteiger partial charge in [0.25, 0.3) is 5.91 Å². The first-order chi connectivity index (χ1) is 15.0. The Morgan fingerprint density at radius 2 is 1.71 bits per heavy atom. The maximum absolute atomic E-state index is 12.9. The van der Waals surface area contributed by atoms with E-state index in [1.807, 2.05) is 36.4 Å². The van der Waals surface area contributed by atoms with Gasteiger partial charge in [0, 0.05) is 18.7 Å². The molecule has 1 aliphatic heterocycles. The molecule has 7 heteroatoms. The van der Waals surface area contributed by atoms with Crippen molar-refractivity contribution in [1.82, 2.24) is 15.5 Å². The van der Waals surface area contributed by atoms with Gasteiger partial charge in [0.15, 0.2) is 0 Å². The molecule has 3 rings (SSSR count). The van der Waals surface area contributed by atoms with Crippen LogP contribution in [0.2, 0.25) is 0 Å². The molecule has 0 bridgehead atoms. The van der Waals surface area contributed by atoms with Gasteiger partial charge < -0.3 is 21.3 Å². The van der Waals surface area contributed by atoms with E-state index in [0.717, 1.165) is 37.9 Å². The van der Waals surface area contributed by atoms with Crippen LogP contribution < -0.4 is 16.4 Å². The monoisotopic (exact) mass is 422 g/mol. The highest BCUT2D eigenvalue weighted by Crippen LogP contribution is 2.16. The zero-order chi connectivity index (χ0) is 22.1. The van der Waals surface area contributed by atoms with Crippen molar-refractivity contribution >= 4 is 17.7 Å². The van der Waals surface area contributed by atoms with Crippen LogP contribution in [0.15, 0.2) is 60.7 Å². The third kappa shape index (κ3) is 6.65. The van der Waals surface area contributed by atoms with E-state index in [1.165, 1.54) is 0 Å². The molecular weight excluding hydrogens is 392 g/mol. The van der Waals surface area contributed by atoms with Crippen LogP contribution in [-0.4, -0.2) is 48.8 Å². The number of carbonyl (C=O) groups is 3. The number of amides is 3. The van der Waals surface area contributed by atoms with Gasteiger partial charge in [-0.1, -0.05) is 48.5 Å². The van der Waals surface area contributed by atoms with E-state index in [2.05, 4.69) is 15.5 Å². The lowest BCUT2D eigenvalue weighted by Crippen LogP contribution is -2.43. The second kappa shape index (κ2) is 11.3. The first-order valence-corrected chi connectivity index (χ1v) is 10.7. The Morgan fingerprint density at radius 1 is 1.03 bits per heavy atom. The van der Waals surface area contributed by atoms with Gasteiger partial charge in [-0.2, -0.15) is 0 Å². The van der Waals surface area contributed by atoms with Crippen molar-refractivity contribution in [2.45, 2.75) is 25.3 Å². The van der Waals surface area contributed by atoms with Crippen LogP contribution in [0.3, 0.4) is 0 Å². The SMILES string of the molecule is NC(=O)C1CCCN(CCCNC(=O)C(NC(=O)c2ccccc2)c2ccccc2)C1. The highest BCUT2D eigenvalue weighted by molar-refractivity contribution is 5.97. The first kappa shape index (κ1) is 22.5. The quantitative estimate of drug-likeness (QED) is 0.537. The van der Waals surface area contributed by atoms with E-state index < -0.39 is 6.04 Å². The molecule has 2 unspecified atom stereocenters. The molecule has 0 spiro atoms. The van der Waals surface area contributed by atoms with Gasteiger partial charge in [-0.15, -0.1) is 0 Å². The van der Waals surface area contributed by atoms with Crippen LogP contribution >= 0.6 is 0 Å². The summed E-state index contributed by atoms with van der Waals surface area (Å²) in [5.41, 5.74) is 6.67. The minimum atomic E-state index is -0.775. The highest BCUT2D eigenvalue weighted by Gasteiger charge is 2.25. The number of likely N-dealkylation sites (tertiary alicyclic amines) is 1. The predicted molar refractivity (Wildman–Crippen MR) is 119 cm³/mol. The lowest BCUT2D eigenvalue weighted by molar-refractivity contribution is -0.123. The van der Waals surface area contributed by atoms with Crippen LogP contribution in [0.1, 0.15) is 41.2 Å². The van der Waals surface area contributed by atoms with Crippen molar-refractivity contribution in [1.29, 1.82) is 0 Å². The summed E-state index contributed by atoms with van der Waals surface area (Å²) in [6.45, 7) is 2.90. The minimum absolute atomic E-state index is 0.0843. The Kier molecular flexibility index (Phi) is 8.18. The first-order valence-electron chi connectivity index (χ1n) is 10.7. The molecule has 7 nitrogen and oxygen atoms in total. The summed E-state index contributed by atoms with van der Waals surface area (Å²) in [6, 6.07) is 17.3. The molecule has 31 heavy (non-hydrogen) atoms. The lowest BCUT2D eigenvalue weighted by atomic mass is 9.97. The average Bonchev–Trinajstić information content (AvgIpc) is 2.81. The number of nitrogens with one attached hydrogen (secondary N) is 2. The van der Waals surface area contributed by atoms with E-state index in [4.69, 9.17) is 5.73 Å². The molecule has 1 saturated heterocycles. The number of rotatable bonds is 9. The topological polar surface area (TPSA) is 105 Å². The van der Waals surface area contributed by atoms with Crippen molar-refractivity contribution in [3.63, 3.8) is 0 Å². The summed E-state index contributed by atoms with van der Waals surface area (Å²) in [6.07, 6.45) is 2.56. The Bertz CT molecular complexity index is 873. The second-order valence-corrected chi connectivity index (χ2v) is 7.87. The number of carbonyl (C=O) groups excluding carboxylic acids is 3. The molecule has 0 aromatic heterocycles. The van der Waals surface area contributed by atoms with Crippen LogP contribution in [0.5, 0.6) is 0 Å². The van der Waals surface area contributed by atoms with E-state index in [-0.39, 0.29) is 23.6 Å². The molecule has 4 N–H and O–H groups in total. The summed E-state index contributed by atoms with van der Waals surface area (Å²) in [7, 11) is 0. The number of hydrogen-bond donors (Lipinski definition) is 3. The van der Waals surface area contributed by atoms with Gasteiger partial charge in [0.05, 0.1) is 5.92 Å². The smallest absolute Gasteiger partial charge is 0.252 e. The number of hydrogen-bond acceptors (Lipinski definition) is 4. The summed E-state index contributed by atoms with van der Waals surface area (Å²) >= 11 is 0. The van der Waals surface area contributed by atoms with Gasteiger partial charge in [-0.25, -0.2) is 0 Å². The lowest BCUT2D eigenvalue weighted by Gasteiger charge is -2.31. The fraction of sp³-hybridized carbons (Fsp3) is 0.375. The molecule has 0 aliphatic carbocycles. The van der Waals surface area contributed by atoms with Gasteiger partial charge >= 0.3 is 0 Å². The Labute approximate surface area is 183 Å². The number of piperidine rings is 1. The Hall–Kier alpha value is -3.19. The van der Waals surface area contributed by atoms with Crippen LogP contribution in [-0.2, 0) is 9.59 Å². The normalized spacial score (nSPS) is 17.5. The molecule has 2 aromatic rings.